The average Bonchev–Trinajstić information content (AvgIpc) is 3.67. The van der Waals surface area contributed by atoms with Crippen LogP contribution in [0.3, 0.4) is 0 Å². The van der Waals surface area contributed by atoms with Gasteiger partial charge in [0.1, 0.15) is 18.6 Å². The van der Waals surface area contributed by atoms with Crippen LogP contribution in [0.2, 0.25) is 0 Å². The number of aliphatic hydroxyl groups excluding tert-OH is 1. The van der Waals surface area contributed by atoms with Gasteiger partial charge < -0.3 is 56.0 Å². The predicted molar refractivity (Wildman–Crippen MR) is 216 cm³/mol. The Morgan fingerprint density at radius 1 is 1.02 bits per heavy atom. The molecule has 0 amide bonds. The van der Waals surface area contributed by atoms with Crippen LogP contribution in [0, 0.1) is 13.8 Å². The van der Waals surface area contributed by atoms with Gasteiger partial charge in [0.15, 0.2) is 40.0 Å². The van der Waals surface area contributed by atoms with Crippen molar-refractivity contribution < 1.29 is 69.8 Å². The molecule has 7 atom stereocenters. The number of fused-ring (bicyclic) bond motifs is 9. The van der Waals surface area contributed by atoms with E-state index in [0.29, 0.717) is 70.2 Å². The van der Waals surface area contributed by atoms with Crippen LogP contribution in [-0.4, -0.2) is 102 Å². The molecule has 3 aromatic rings. The Morgan fingerprint density at radius 2 is 1.73 bits per heavy atom. The standard InChI is InChI=1S/C39H43N3O11S.2ClH.2H3N.Pt/c1-16-9-20-10-22-37(46)42-23-13-50-38(47)39(21-12-25(48-5)24(44)11-19(21)7-8-40-39)14-54-36(30(42)29(41(22)4)26(20)31(45)32(16)49-6)28-27(23)35-34(51-15-52-35)17(2)33(28)53-18(3)43;;;;;/h9,11-12,22-23,29-30,36-37,40,44-46H,7-8,10,13-15H2,1-6H3;2*1H;2*1H3;/q;;;;;+2/p-2/t22?,23-,29-,30+,36-,37-,39+;;;;;/m0...../s1. The van der Waals surface area contributed by atoms with Gasteiger partial charge in [-0.1, -0.05) is 6.07 Å². The van der Waals surface area contributed by atoms with Crippen molar-refractivity contribution in [3.8, 4) is 40.2 Å². The van der Waals surface area contributed by atoms with Crippen molar-refractivity contribution in [1.82, 2.24) is 27.4 Å². The van der Waals surface area contributed by atoms with Gasteiger partial charge in [0.05, 0.1) is 37.6 Å². The Bertz CT molecular complexity index is 2170. The summed E-state index contributed by atoms with van der Waals surface area (Å²) in [7, 11) is 14.7. The third-order valence-electron chi connectivity index (χ3n) is 12.3. The number of hydrogen-bond acceptors (Lipinski definition) is 17. The van der Waals surface area contributed by atoms with Crippen LogP contribution < -0.4 is 41.3 Å². The first-order chi connectivity index (χ1) is 27.3. The second-order valence-corrected chi connectivity index (χ2v) is 19.4. The molecule has 0 saturated carbocycles. The molecule has 0 aliphatic carbocycles. The van der Waals surface area contributed by atoms with Crippen LogP contribution in [0.15, 0.2) is 18.2 Å². The number of aryl methyl sites for hydroxylation is 1. The van der Waals surface area contributed by atoms with Gasteiger partial charge in [-0.15, -0.1) is 11.8 Å². The second-order valence-electron chi connectivity index (χ2n) is 15.0. The second kappa shape index (κ2) is 17.3. The molecule has 1 unspecified atom stereocenters. The van der Waals surface area contributed by atoms with Crippen LogP contribution in [0.25, 0.3) is 0 Å². The fraction of sp³-hybridized carbons (Fsp3) is 0.487. The van der Waals surface area contributed by atoms with Crippen LogP contribution in [0.4, 0.5) is 0 Å². The normalized spacial score (nSPS) is 27.3. The molecule has 10 rings (SSSR count). The molecule has 20 heteroatoms. The van der Waals surface area contributed by atoms with E-state index in [-0.39, 0.29) is 54.7 Å². The van der Waals surface area contributed by atoms with E-state index in [0.717, 1.165) is 16.7 Å². The first-order valence-electron chi connectivity index (χ1n) is 18.3. The zero-order valence-corrected chi connectivity index (χ0v) is 37.9. The number of thioether (sulfide) groups is 1. The van der Waals surface area contributed by atoms with Gasteiger partial charge in [-0.2, -0.15) is 0 Å². The number of nitrogens with one attached hydrogen (secondary N) is 1. The van der Waals surface area contributed by atoms with Crippen LogP contribution >= 0.6 is 30.6 Å². The molecule has 2 saturated heterocycles. The van der Waals surface area contributed by atoms with Gasteiger partial charge in [-0.05, 0) is 68.1 Å². The number of nitrogens with zero attached hydrogens (tertiary/aromatic N) is 2. The van der Waals surface area contributed by atoms with E-state index in [1.165, 1.54) is 32.9 Å². The number of piperazine rings is 1. The third-order valence-corrected chi connectivity index (χ3v) is 13.7. The van der Waals surface area contributed by atoms with E-state index < -0.39 is 63.6 Å². The van der Waals surface area contributed by atoms with E-state index in [9.17, 15) is 24.9 Å². The number of aromatic hydroxyl groups is 2. The number of esters is 2. The van der Waals surface area contributed by atoms with Crippen LogP contribution in [0.5, 0.6) is 40.2 Å². The fourth-order valence-corrected chi connectivity index (χ4v) is 11.7. The number of carbonyl (C=O) groups excluding carboxylic acids is 2. The van der Waals surface area contributed by atoms with Gasteiger partial charge in [0.25, 0.3) is 0 Å². The molecule has 16 nitrogen and oxygen atoms in total. The molecule has 10 N–H and O–H groups in total. The van der Waals surface area contributed by atoms with Crippen molar-refractivity contribution in [2.75, 3.05) is 47.0 Å². The first-order valence-corrected chi connectivity index (χ1v) is 25.0. The Labute approximate surface area is 362 Å². The summed E-state index contributed by atoms with van der Waals surface area (Å²) in [5.41, 5.74) is 4.36. The van der Waals surface area contributed by atoms with Crippen molar-refractivity contribution >= 4 is 42.5 Å². The number of phenolic OH excluding ortho intramolecular Hbond substituents is 2. The maximum absolute atomic E-state index is 14.7. The number of benzene rings is 3. The summed E-state index contributed by atoms with van der Waals surface area (Å²) in [6.07, 6.45) is -0.0282. The molecule has 0 aromatic heterocycles. The summed E-state index contributed by atoms with van der Waals surface area (Å²) in [5.74, 6) is 0.949. The zero-order chi connectivity index (χ0) is 40.7. The molecule has 7 aliphatic heterocycles. The fourth-order valence-electron chi connectivity index (χ4n) is 10.00. The van der Waals surface area contributed by atoms with E-state index in [2.05, 4.69) is 10.2 Å². The van der Waals surface area contributed by atoms with Crippen LogP contribution in [-0.2, 0) is 49.2 Å². The van der Waals surface area contributed by atoms with E-state index in [1.807, 2.05) is 31.9 Å². The number of halogens is 2. The molecule has 7 aliphatic rings. The van der Waals surface area contributed by atoms with Gasteiger partial charge in [0, 0.05) is 47.5 Å². The van der Waals surface area contributed by atoms with Gasteiger partial charge in [0.2, 0.25) is 6.79 Å². The molecule has 59 heavy (non-hydrogen) atoms. The molecule has 1 spiro atoms. The van der Waals surface area contributed by atoms with E-state index in [1.54, 1.807) is 12.1 Å². The molecular formula is C39H49Cl2N5O11PtS. The minimum atomic E-state index is -1.36. The van der Waals surface area contributed by atoms with E-state index in [4.69, 9.17) is 47.3 Å². The number of carbonyl (C=O) groups is 2. The zero-order valence-electron chi connectivity index (χ0n) is 33.3. The monoisotopic (exact) mass is 1060 g/mol. The number of likely N-dealkylation sites (N-methyl/N-ethyl adjacent to an activating group) is 1. The summed E-state index contributed by atoms with van der Waals surface area (Å²) < 4.78 is 35.9. The number of ether oxygens (including phenoxy) is 6. The summed E-state index contributed by atoms with van der Waals surface area (Å²) in [5, 5.41) is 38.2. The van der Waals surface area contributed by atoms with Crippen LogP contribution in [0.1, 0.15) is 68.8 Å². The van der Waals surface area contributed by atoms with Crippen molar-refractivity contribution in [1.29, 1.82) is 0 Å². The maximum atomic E-state index is 14.7. The molecule has 0 radical (unpaired) electrons. The summed E-state index contributed by atoms with van der Waals surface area (Å²) in [6, 6.07) is 3.13. The number of methoxy groups -OCH3 is 2. The number of hydrogen-bond donors (Lipinski definition) is 6. The Morgan fingerprint density at radius 3 is 2.41 bits per heavy atom. The molecule has 4 bridgehead atoms. The Kier molecular flexibility index (Phi) is 13.3. The SMILES string of the molecule is COc1cc2c(cc1O)CCN[C@]21CS[C@H]2c3c(OC(C)=O)c(C)c4c(c3[C@H](COC1=O)N1[C@@H]2[C@@H]2c3c(cc(C)c(OC)c3O)CC([C@@H]1O)N2C)OCO4.N.N.[Cl][Pt][Cl]. The van der Waals surface area contributed by atoms with Gasteiger partial charge in [-0.3, -0.25) is 19.9 Å². The Hall–Kier alpha value is -3.22. The molecule has 2 fully saturated rings. The van der Waals surface area contributed by atoms with Crippen molar-refractivity contribution in [3.05, 3.63) is 62.7 Å². The first kappa shape index (κ1) is 45.3. The average molecular weight is 1060 g/mol. The summed E-state index contributed by atoms with van der Waals surface area (Å²) >= 11 is 0.995. The van der Waals surface area contributed by atoms with Gasteiger partial charge in [-0.25, -0.2) is 4.79 Å². The van der Waals surface area contributed by atoms with E-state index >= 15 is 0 Å². The summed E-state index contributed by atoms with van der Waals surface area (Å²) in [6.45, 7) is 5.26. The minimum absolute atomic E-state index is 0. The molecule has 7 heterocycles. The predicted octanol–water partition coefficient (Wildman–Crippen LogP) is 5.11. The topological polar surface area (TPSA) is 239 Å². The number of aliphatic hydroxyl groups is 1. The van der Waals surface area contributed by atoms with Crippen molar-refractivity contribution in [3.63, 3.8) is 0 Å². The molecule has 326 valence electrons. The Balaban J connectivity index is 0.00000114. The van der Waals surface area contributed by atoms with Gasteiger partial charge >= 0.3 is 47.3 Å². The van der Waals surface area contributed by atoms with Crippen molar-refractivity contribution in [2.24, 2.45) is 0 Å². The number of phenols is 2. The third kappa shape index (κ3) is 6.89. The number of rotatable bonds is 3. The summed E-state index contributed by atoms with van der Waals surface area (Å²) in [4.78, 5) is 31.7. The molecular weight excluding hydrogens is 1010 g/mol. The quantitative estimate of drug-likeness (QED) is 0.148. The molecule has 3 aromatic carbocycles. The van der Waals surface area contributed by atoms with Crippen molar-refractivity contribution in [2.45, 2.75) is 74.8 Å².